The van der Waals surface area contributed by atoms with Crippen molar-refractivity contribution in [1.29, 1.82) is 0 Å². The Morgan fingerprint density at radius 3 is 1.87 bits per heavy atom. The lowest BCUT2D eigenvalue weighted by atomic mass is 9.73. The summed E-state index contributed by atoms with van der Waals surface area (Å²) >= 11 is 0. The van der Waals surface area contributed by atoms with Crippen LogP contribution >= 0.6 is 0 Å². The molecule has 0 amide bonds. The first-order valence-corrected chi connectivity index (χ1v) is 9.18. The van der Waals surface area contributed by atoms with Crippen molar-refractivity contribution in [3.8, 4) is 0 Å². The highest BCUT2D eigenvalue weighted by Gasteiger charge is 2.55. The van der Waals surface area contributed by atoms with Gasteiger partial charge in [0.2, 0.25) is 0 Å². The Labute approximate surface area is 140 Å². The van der Waals surface area contributed by atoms with E-state index in [0.717, 1.165) is 19.3 Å². The molecule has 0 radical (unpaired) electrons. The number of esters is 2. The van der Waals surface area contributed by atoms with Gasteiger partial charge in [-0.25, -0.2) is 0 Å². The SMILES string of the molecule is CC(C)CC1(CC(C)C)C(=O)OC(C2CCCCC2C)OC1=O. The Hall–Kier alpha value is -1.06. The Balaban J connectivity index is 2.19. The van der Waals surface area contributed by atoms with Crippen LogP contribution in [0.5, 0.6) is 0 Å². The van der Waals surface area contributed by atoms with Gasteiger partial charge in [0.1, 0.15) is 0 Å². The summed E-state index contributed by atoms with van der Waals surface area (Å²) in [5.74, 6) is 0.320. The third kappa shape index (κ3) is 3.89. The monoisotopic (exact) mass is 324 g/mol. The first kappa shape index (κ1) is 18.3. The summed E-state index contributed by atoms with van der Waals surface area (Å²) in [6.07, 6.45) is 4.71. The molecule has 2 unspecified atom stereocenters. The van der Waals surface area contributed by atoms with Crippen LogP contribution < -0.4 is 0 Å². The van der Waals surface area contributed by atoms with E-state index in [-0.39, 0.29) is 29.7 Å². The average molecular weight is 324 g/mol. The van der Waals surface area contributed by atoms with E-state index in [1.54, 1.807) is 0 Å². The van der Waals surface area contributed by atoms with Gasteiger partial charge in [-0.3, -0.25) is 9.59 Å². The van der Waals surface area contributed by atoms with Crippen LogP contribution in [0.15, 0.2) is 0 Å². The van der Waals surface area contributed by atoms with Crippen molar-refractivity contribution >= 4 is 11.9 Å². The van der Waals surface area contributed by atoms with Gasteiger partial charge in [0.15, 0.2) is 5.41 Å². The maximum absolute atomic E-state index is 12.8. The van der Waals surface area contributed by atoms with E-state index in [4.69, 9.17) is 9.47 Å². The summed E-state index contributed by atoms with van der Waals surface area (Å²) in [5, 5.41) is 0. The van der Waals surface area contributed by atoms with Gasteiger partial charge in [0.25, 0.3) is 6.29 Å². The second kappa shape index (κ2) is 7.23. The molecule has 1 aliphatic heterocycles. The lowest BCUT2D eigenvalue weighted by Crippen LogP contribution is -2.54. The Morgan fingerprint density at radius 1 is 0.957 bits per heavy atom. The molecule has 4 heteroatoms. The maximum atomic E-state index is 12.8. The van der Waals surface area contributed by atoms with Gasteiger partial charge in [-0.1, -0.05) is 53.9 Å². The van der Waals surface area contributed by atoms with Crippen LogP contribution in [0, 0.1) is 29.1 Å². The van der Waals surface area contributed by atoms with Gasteiger partial charge < -0.3 is 9.47 Å². The molecule has 0 aromatic heterocycles. The molecule has 0 aromatic rings. The smallest absolute Gasteiger partial charge is 0.326 e. The maximum Gasteiger partial charge on any atom is 0.326 e. The fourth-order valence-electron chi connectivity index (χ4n) is 4.28. The van der Waals surface area contributed by atoms with Gasteiger partial charge in [0, 0.05) is 5.92 Å². The van der Waals surface area contributed by atoms with Crippen LogP contribution in [0.25, 0.3) is 0 Å². The highest BCUT2D eigenvalue weighted by Crippen LogP contribution is 2.43. The van der Waals surface area contributed by atoms with Gasteiger partial charge in [-0.05, 0) is 37.0 Å². The Kier molecular flexibility index (Phi) is 5.74. The molecule has 0 aromatic carbocycles. The summed E-state index contributed by atoms with van der Waals surface area (Å²) in [4.78, 5) is 25.7. The highest BCUT2D eigenvalue weighted by atomic mass is 16.7. The van der Waals surface area contributed by atoms with Crippen molar-refractivity contribution in [2.24, 2.45) is 29.1 Å². The molecule has 1 heterocycles. The normalized spacial score (nSPS) is 28.8. The molecule has 1 saturated heterocycles. The quantitative estimate of drug-likeness (QED) is 0.558. The first-order valence-electron chi connectivity index (χ1n) is 9.18. The van der Waals surface area contributed by atoms with Crippen LogP contribution in [0.2, 0.25) is 0 Å². The molecular formula is C19H32O4. The van der Waals surface area contributed by atoms with Crippen LogP contribution in [0.3, 0.4) is 0 Å². The molecule has 23 heavy (non-hydrogen) atoms. The van der Waals surface area contributed by atoms with Crippen molar-refractivity contribution in [2.45, 2.75) is 79.4 Å². The minimum atomic E-state index is -1.11. The second-order valence-electron chi connectivity index (χ2n) is 8.38. The largest absolute Gasteiger partial charge is 0.424 e. The number of hydrogen-bond donors (Lipinski definition) is 0. The number of cyclic esters (lactones) is 2. The van der Waals surface area contributed by atoms with E-state index in [0.29, 0.717) is 18.8 Å². The van der Waals surface area contributed by atoms with Gasteiger partial charge in [0.05, 0.1) is 0 Å². The number of hydrogen-bond acceptors (Lipinski definition) is 4. The molecule has 2 atom stereocenters. The number of carbonyl (C=O) groups is 2. The highest BCUT2D eigenvalue weighted by molar-refractivity contribution is 6.01. The molecule has 0 bridgehead atoms. The molecule has 4 nitrogen and oxygen atoms in total. The number of ether oxygens (including phenoxy) is 2. The molecule has 2 rings (SSSR count). The molecule has 132 valence electrons. The molecule has 0 spiro atoms. The summed E-state index contributed by atoms with van der Waals surface area (Å²) < 4.78 is 11.4. The summed E-state index contributed by atoms with van der Waals surface area (Å²) in [7, 11) is 0. The standard InChI is InChI=1S/C19H32O4/c1-12(2)10-19(11-13(3)4)17(20)22-16(23-18(19)21)15-9-7-6-8-14(15)5/h12-16H,6-11H2,1-5H3. The first-order chi connectivity index (χ1) is 10.8. The Morgan fingerprint density at radius 2 is 1.43 bits per heavy atom. The van der Waals surface area contributed by atoms with Crippen molar-refractivity contribution in [1.82, 2.24) is 0 Å². The van der Waals surface area contributed by atoms with Crippen molar-refractivity contribution in [3.63, 3.8) is 0 Å². The van der Waals surface area contributed by atoms with Crippen molar-refractivity contribution < 1.29 is 19.1 Å². The topological polar surface area (TPSA) is 52.6 Å². The number of rotatable bonds is 5. The lowest BCUT2D eigenvalue weighted by Gasteiger charge is -2.42. The zero-order chi connectivity index (χ0) is 17.2. The predicted molar refractivity (Wildman–Crippen MR) is 88.4 cm³/mol. The fourth-order valence-corrected chi connectivity index (χ4v) is 4.28. The zero-order valence-electron chi connectivity index (χ0n) is 15.3. The average Bonchev–Trinajstić information content (AvgIpc) is 2.43. The van der Waals surface area contributed by atoms with Crippen LogP contribution in [-0.4, -0.2) is 18.2 Å². The van der Waals surface area contributed by atoms with E-state index < -0.39 is 11.7 Å². The van der Waals surface area contributed by atoms with Gasteiger partial charge in [-0.2, -0.15) is 0 Å². The second-order valence-corrected chi connectivity index (χ2v) is 8.38. The van der Waals surface area contributed by atoms with Crippen molar-refractivity contribution in [3.05, 3.63) is 0 Å². The zero-order valence-corrected chi connectivity index (χ0v) is 15.3. The van der Waals surface area contributed by atoms with Gasteiger partial charge >= 0.3 is 11.9 Å². The van der Waals surface area contributed by atoms with Crippen molar-refractivity contribution in [2.75, 3.05) is 0 Å². The van der Waals surface area contributed by atoms with Gasteiger partial charge in [-0.15, -0.1) is 0 Å². The fraction of sp³-hybridized carbons (Fsp3) is 0.895. The van der Waals surface area contributed by atoms with Crippen LogP contribution in [0.4, 0.5) is 0 Å². The van der Waals surface area contributed by atoms with E-state index in [2.05, 4.69) is 6.92 Å². The summed E-state index contributed by atoms with van der Waals surface area (Å²) in [5.41, 5.74) is -1.11. The predicted octanol–water partition coefficient (Wildman–Crippen LogP) is 4.32. The van der Waals surface area contributed by atoms with E-state index >= 15 is 0 Å². The third-order valence-electron chi connectivity index (χ3n) is 5.27. The lowest BCUT2D eigenvalue weighted by molar-refractivity contribution is -0.240. The Bertz CT molecular complexity index is 411. The molecule has 1 aliphatic carbocycles. The van der Waals surface area contributed by atoms with E-state index in [1.165, 1.54) is 6.42 Å². The molecule has 2 fully saturated rings. The summed E-state index contributed by atoms with van der Waals surface area (Å²) in [6, 6.07) is 0. The van der Waals surface area contributed by atoms with E-state index in [9.17, 15) is 9.59 Å². The minimum Gasteiger partial charge on any atom is -0.424 e. The third-order valence-corrected chi connectivity index (χ3v) is 5.27. The summed E-state index contributed by atoms with van der Waals surface area (Å²) in [6.45, 7) is 10.3. The molecule has 1 saturated carbocycles. The van der Waals surface area contributed by atoms with Crippen LogP contribution in [-0.2, 0) is 19.1 Å². The van der Waals surface area contributed by atoms with E-state index in [1.807, 2.05) is 27.7 Å². The molecule has 2 aliphatic rings. The van der Waals surface area contributed by atoms with Crippen LogP contribution in [0.1, 0.15) is 73.1 Å². The molecule has 0 N–H and O–H groups in total. The minimum absolute atomic E-state index is 0.146. The number of carbonyl (C=O) groups excluding carboxylic acids is 2. The molecular weight excluding hydrogens is 292 g/mol.